The number of hydrogen-bond acceptors (Lipinski definition) is 2. The van der Waals surface area contributed by atoms with Crippen LogP contribution < -0.4 is 10.2 Å². The number of anilines is 1. The summed E-state index contributed by atoms with van der Waals surface area (Å²) in [7, 11) is 2.00. The van der Waals surface area contributed by atoms with Gasteiger partial charge in [0.15, 0.2) is 0 Å². The molecular weight excluding hydrogens is 220 g/mol. The summed E-state index contributed by atoms with van der Waals surface area (Å²) in [4.78, 5) is 2.40. The van der Waals surface area contributed by atoms with E-state index in [4.69, 9.17) is 0 Å². The Hall–Kier alpha value is -1.54. The van der Waals surface area contributed by atoms with Gasteiger partial charge in [-0.15, -0.1) is 0 Å². The minimum atomic E-state index is 1.01. The number of nitrogens with zero attached hydrogens (tertiary/aromatic N) is 1. The van der Waals surface area contributed by atoms with Crippen LogP contribution in [0.1, 0.15) is 18.1 Å². The van der Waals surface area contributed by atoms with Crippen LogP contribution in [0.25, 0.3) is 6.08 Å². The van der Waals surface area contributed by atoms with Crippen LogP contribution in [0.2, 0.25) is 0 Å². The molecule has 0 bridgehead atoms. The number of likely N-dealkylation sites (N-methyl/N-ethyl adjacent to an activating group) is 2. The Morgan fingerprint density at radius 3 is 2.94 bits per heavy atom. The minimum absolute atomic E-state index is 1.01. The summed E-state index contributed by atoms with van der Waals surface area (Å²) in [5.41, 5.74) is 5.40. The molecule has 0 saturated heterocycles. The number of hydrogen-bond donors (Lipinski definition) is 1. The first-order chi connectivity index (χ1) is 8.78. The van der Waals surface area contributed by atoms with Crippen LogP contribution >= 0.6 is 0 Å². The molecule has 0 radical (unpaired) electrons. The van der Waals surface area contributed by atoms with E-state index in [1.807, 2.05) is 13.1 Å². The molecule has 18 heavy (non-hydrogen) atoms. The second-order valence-corrected chi connectivity index (χ2v) is 4.67. The molecule has 0 unspecified atom stereocenters. The van der Waals surface area contributed by atoms with Crippen LogP contribution in [-0.2, 0) is 6.42 Å². The monoisotopic (exact) mass is 242 g/mol. The van der Waals surface area contributed by atoms with Crippen molar-refractivity contribution in [3.05, 3.63) is 47.6 Å². The van der Waals surface area contributed by atoms with Crippen molar-refractivity contribution in [3.8, 4) is 0 Å². The highest BCUT2D eigenvalue weighted by Crippen LogP contribution is 2.29. The number of benzene rings is 1. The lowest BCUT2D eigenvalue weighted by molar-refractivity contribution is 0.737. The Bertz CT molecular complexity index is 460. The second-order valence-electron chi connectivity index (χ2n) is 4.67. The first-order valence-corrected chi connectivity index (χ1v) is 6.64. The summed E-state index contributed by atoms with van der Waals surface area (Å²) < 4.78 is 0. The first kappa shape index (κ1) is 12.9. The second kappa shape index (κ2) is 5.87. The summed E-state index contributed by atoms with van der Waals surface area (Å²) in [5, 5.41) is 3.20. The highest BCUT2D eigenvalue weighted by molar-refractivity contribution is 5.70. The maximum absolute atomic E-state index is 3.85. The minimum Gasteiger partial charge on any atom is -0.371 e. The van der Waals surface area contributed by atoms with Gasteiger partial charge in [0.1, 0.15) is 0 Å². The van der Waals surface area contributed by atoms with E-state index in [0.29, 0.717) is 0 Å². The lowest BCUT2D eigenvalue weighted by atomic mass is 10.1. The molecule has 0 aromatic heterocycles. The third kappa shape index (κ3) is 2.65. The Balaban J connectivity index is 2.20. The molecule has 0 amide bonds. The smallest absolute Gasteiger partial charge is 0.0372 e. The average molecular weight is 242 g/mol. The number of rotatable bonds is 6. The van der Waals surface area contributed by atoms with Gasteiger partial charge in [0.05, 0.1) is 0 Å². The van der Waals surface area contributed by atoms with Gasteiger partial charge in [-0.2, -0.15) is 0 Å². The Morgan fingerprint density at radius 1 is 1.44 bits per heavy atom. The van der Waals surface area contributed by atoms with Crippen molar-refractivity contribution in [2.24, 2.45) is 0 Å². The molecule has 96 valence electrons. The Labute approximate surface area is 110 Å². The Morgan fingerprint density at radius 2 is 2.28 bits per heavy atom. The highest BCUT2D eigenvalue weighted by Gasteiger charge is 2.12. The van der Waals surface area contributed by atoms with Crippen molar-refractivity contribution < 1.29 is 0 Å². The van der Waals surface area contributed by atoms with Crippen LogP contribution in [0.4, 0.5) is 5.69 Å². The van der Waals surface area contributed by atoms with Gasteiger partial charge < -0.3 is 10.2 Å². The molecular formula is C16H22N2. The standard InChI is InChI=1S/C16H22N2/c1-4-13-10-14-6-7-16(12-15(14)11-13)18(5-2)9-8-17-3/h4,6-7,11-12,17H,1,5,8-10H2,2-3H3. The molecule has 1 aromatic carbocycles. The molecule has 0 fully saturated rings. The zero-order valence-electron chi connectivity index (χ0n) is 11.4. The van der Waals surface area contributed by atoms with Crippen LogP contribution in [-0.4, -0.2) is 26.7 Å². The van der Waals surface area contributed by atoms with E-state index in [1.54, 1.807) is 0 Å². The lowest BCUT2D eigenvalue weighted by Crippen LogP contribution is -2.30. The van der Waals surface area contributed by atoms with Crippen molar-refractivity contribution >= 4 is 11.8 Å². The quantitative estimate of drug-likeness (QED) is 0.825. The van der Waals surface area contributed by atoms with E-state index in [9.17, 15) is 0 Å². The van der Waals surface area contributed by atoms with Gasteiger partial charge in [-0.05, 0) is 49.2 Å². The maximum Gasteiger partial charge on any atom is 0.0372 e. The molecule has 0 heterocycles. The lowest BCUT2D eigenvalue weighted by Gasteiger charge is -2.23. The van der Waals surface area contributed by atoms with E-state index >= 15 is 0 Å². The molecule has 0 saturated carbocycles. The molecule has 2 heteroatoms. The van der Waals surface area contributed by atoms with E-state index in [2.05, 4.69) is 48.0 Å². The van der Waals surface area contributed by atoms with Crippen LogP contribution in [0.15, 0.2) is 36.4 Å². The van der Waals surface area contributed by atoms with E-state index in [0.717, 1.165) is 26.1 Å². The van der Waals surface area contributed by atoms with Crippen molar-refractivity contribution in [1.29, 1.82) is 0 Å². The van der Waals surface area contributed by atoms with Crippen molar-refractivity contribution in [2.45, 2.75) is 13.3 Å². The zero-order valence-corrected chi connectivity index (χ0v) is 11.4. The summed E-state index contributed by atoms with van der Waals surface area (Å²) >= 11 is 0. The summed E-state index contributed by atoms with van der Waals surface area (Å²) in [5.74, 6) is 0. The van der Waals surface area contributed by atoms with E-state index in [1.165, 1.54) is 22.4 Å². The third-order valence-corrected chi connectivity index (χ3v) is 3.51. The number of allylic oxidation sites excluding steroid dienone is 2. The number of fused-ring (bicyclic) bond motifs is 1. The van der Waals surface area contributed by atoms with Crippen molar-refractivity contribution in [1.82, 2.24) is 5.32 Å². The molecule has 1 N–H and O–H groups in total. The fourth-order valence-corrected chi connectivity index (χ4v) is 2.39. The third-order valence-electron chi connectivity index (χ3n) is 3.51. The molecule has 1 aromatic rings. The van der Waals surface area contributed by atoms with Gasteiger partial charge >= 0.3 is 0 Å². The normalized spacial score (nSPS) is 13.1. The van der Waals surface area contributed by atoms with Crippen molar-refractivity contribution in [3.63, 3.8) is 0 Å². The fourth-order valence-electron chi connectivity index (χ4n) is 2.39. The Kier molecular flexibility index (Phi) is 4.21. The van der Waals surface area contributed by atoms with Crippen LogP contribution in [0.5, 0.6) is 0 Å². The predicted molar refractivity (Wildman–Crippen MR) is 80.1 cm³/mol. The van der Waals surface area contributed by atoms with Crippen LogP contribution in [0.3, 0.4) is 0 Å². The van der Waals surface area contributed by atoms with Crippen molar-refractivity contribution in [2.75, 3.05) is 31.6 Å². The highest BCUT2D eigenvalue weighted by atomic mass is 15.1. The maximum atomic E-state index is 3.85. The van der Waals surface area contributed by atoms with Gasteiger partial charge in [-0.25, -0.2) is 0 Å². The average Bonchev–Trinajstić information content (AvgIpc) is 2.82. The largest absolute Gasteiger partial charge is 0.371 e. The molecule has 1 aliphatic rings. The van der Waals surface area contributed by atoms with Gasteiger partial charge in [-0.1, -0.05) is 24.8 Å². The summed E-state index contributed by atoms with van der Waals surface area (Å²) in [6.45, 7) is 9.15. The van der Waals surface area contributed by atoms with Gasteiger partial charge in [0, 0.05) is 25.3 Å². The molecule has 0 aliphatic heterocycles. The topological polar surface area (TPSA) is 15.3 Å². The number of nitrogens with one attached hydrogen (secondary N) is 1. The SMILES string of the molecule is C=CC1=Cc2cc(N(CC)CCNC)ccc2C1. The van der Waals surface area contributed by atoms with E-state index in [-0.39, 0.29) is 0 Å². The van der Waals surface area contributed by atoms with Gasteiger partial charge in [0.2, 0.25) is 0 Å². The molecule has 2 nitrogen and oxygen atoms in total. The fraction of sp³-hybridized carbons (Fsp3) is 0.375. The molecule has 1 aliphatic carbocycles. The summed E-state index contributed by atoms with van der Waals surface area (Å²) in [6, 6.07) is 6.78. The van der Waals surface area contributed by atoms with E-state index < -0.39 is 0 Å². The summed E-state index contributed by atoms with van der Waals surface area (Å²) in [6.07, 6.45) is 5.23. The molecule has 0 spiro atoms. The van der Waals surface area contributed by atoms with Crippen LogP contribution in [0, 0.1) is 0 Å². The molecule has 2 rings (SSSR count). The zero-order chi connectivity index (χ0) is 13.0. The van der Waals surface area contributed by atoms with Gasteiger partial charge in [-0.3, -0.25) is 0 Å². The predicted octanol–water partition coefficient (Wildman–Crippen LogP) is 2.86. The van der Waals surface area contributed by atoms with Gasteiger partial charge in [0.25, 0.3) is 0 Å². The first-order valence-electron chi connectivity index (χ1n) is 6.64. The molecule has 0 atom stereocenters.